The second-order valence-corrected chi connectivity index (χ2v) is 6.96. The summed E-state index contributed by atoms with van der Waals surface area (Å²) in [6.45, 7) is 0.864. The number of rotatable bonds is 2. The van der Waals surface area contributed by atoms with E-state index in [1.54, 1.807) is 11.3 Å². The van der Waals surface area contributed by atoms with Crippen LogP contribution in [0.3, 0.4) is 0 Å². The third kappa shape index (κ3) is 2.79. The van der Waals surface area contributed by atoms with Gasteiger partial charge in [-0.2, -0.15) is 0 Å². The first-order valence-corrected chi connectivity index (χ1v) is 8.26. The molecule has 1 aromatic carbocycles. The average molecular weight is 292 g/mol. The minimum Gasteiger partial charge on any atom is -0.225 e. The summed E-state index contributed by atoms with van der Waals surface area (Å²) in [5.74, 6) is 0. The molecule has 3 nitrogen and oxygen atoms in total. The molecule has 1 N–H and O–H groups in total. The van der Waals surface area contributed by atoms with Gasteiger partial charge in [0.15, 0.2) is 11.2 Å². The van der Waals surface area contributed by atoms with Crippen LogP contribution in [0.2, 0.25) is 0 Å². The van der Waals surface area contributed by atoms with Gasteiger partial charge in [-0.25, -0.2) is 13.2 Å². The molecule has 1 aliphatic heterocycles. The highest BCUT2D eigenvalue weighted by atomic mass is 32.2. The molecule has 1 aliphatic rings. The topological polar surface area (TPSA) is 32.3 Å². The zero-order chi connectivity index (χ0) is 13.2. The maximum atomic E-state index is 11.8. The van der Waals surface area contributed by atoms with Gasteiger partial charge in [-0.3, -0.25) is 0 Å². The van der Waals surface area contributed by atoms with Crippen molar-refractivity contribution in [1.82, 2.24) is 9.03 Å². The van der Waals surface area contributed by atoms with Crippen LogP contribution in [0, 0.1) is 0 Å². The van der Waals surface area contributed by atoms with E-state index in [0.29, 0.717) is 0 Å². The van der Waals surface area contributed by atoms with E-state index in [1.807, 2.05) is 17.4 Å². The van der Waals surface area contributed by atoms with Crippen LogP contribution in [-0.2, 0) is 11.2 Å². The molecule has 0 saturated carbocycles. The van der Waals surface area contributed by atoms with Gasteiger partial charge >= 0.3 is 0 Å². The minimum absolute atomic E-state index is 0.208. The fraction of sp³-hybridized carbons (Fsp3) is 0.286. The molecule has 0 radical (unpaired) electrons. The normalized spacial score (nSPS) is 24.5. The van der Waals surface area contributed by atoms with Crippen molar-refractivity contribution >= 4 is 22.5 Å². The van der Waals surface area contributed by atoms with Crippen LogP contribution >= 0.6 is 11.3 Å². The summed E-state index contributed by atoms with van der Waals surface area (Å²) in [5, 5.41) is 2.17. The zero-order valence-corrected chi connectivity index (χ0v) is 12.3. The van der Waals surface area contributed by atoms with Gasteiger partial charge in [0, 0.05) is 18.5 Å². The third-order valence-corrected chi connectivity index (χ3v) is 5.61. The Morgan fingerprint density at radius 2 is 2.11 bits per heavy atom. The van der Waals surface area contributed by atoms with Crippen LogP contribution < -0.4 is 4.72 Å². The molecule has 2 atom stereocenters. The van der Waals surface area contributed by atoms with Gasteiger partial charge in [-0.15, -0.1) is 11.3 Å². The van der Waals surface area contributed by atoms with E-state index in [9.17, 15) is 4.21 Å². The average Bonchev–Trinajstić information content (AvgIpc) is 2.93. The first-order valence-electron chi connectivity index (χ1n) is 6.27. The maximum absolute atomic E-state index is 11.8. The second kappa shape index (κ2) is 5.54. The number of nitrogens with one attached hydrogen (secondary N) is 1. The molecule has 0 amide bonds. The quantitative estimate of drug-likeness (QED) is 0.907. The second-order valence-electron chi connectivity index (χ2n) is 4.66. The highest BCUT2D eigenvalue weighted by Crippen LogP contribution is 2.32. The molecule has 1 fully saturated rings. The van der Waals surface area contributed by atoms with Crippen molar-refractivity contribution < 1.29 is 4.21 Å². The molecule has 2 heterocycles. The van der Waals surface area contributed by atoms with Crippen LogP contribution in [0.15, 0.2) is 41.8 Å². The zero-order valence-electron chi connectivity index (χ0n) is 10.7. The van der Waals surface area contributed by atoms with Gasteiger partial charge in [-0.1, -0.05) is 30.3 Å². The summed E-state index contributed by atoms with van der Waals surface area (Å²) >= 11 is 0.678. The number of hydrogen-bond acceptors (Lipinski definition) is 2. The van der Waals surface area contributed by atoms with E-state index in [0.717, 1.165) is 13.0 Å². The van der Waals surface area contributed by atoms with Crippen molar-refractivity contribution in [3.63, 3.8) is 0 Å². The van der Waals surface area contributed by atoms with E-state index >= 15 is 0 Å². The summed E-state index contributed by atoms with van der Waals surface area (Å²) < 4.78 is 16.8. The molecule has 1 aromatic heterocycles. The SMILES string of the molecule is CN1CC[C@@H](c2cc(-c3ccccc3)cs2)NS1=O. The molecule has 19 heavy (non-hydrogen) atoms. The van der Waals surface area contributed by atoms with Crippen LogP contribution in [0.4, 0.5) is 0 Å². The summed E-state index contributed by atoms with van der Waals surface area (Å²) in [6.07, 6.45) is 0.997. The minimum atomic E-state index is -1.06. The molecular formula is C14H16N2OS2. The Labute approximate surface area is 120 Å². The smallest absolute Gasteiger partial charge is 0.170 e. The molecular weight excluding hydrogens is 276 g/mol. The van der Waals surface area contributed by atoms with Crippen LogP contribution in [0.1, 0.15) is 17.3 Å². The Morgan fingerprint density at radius 1 is 1.32 bits per heavy atom. The van der Waals surface area contributed by atoms with E-state index < -0.39 is 11.2 Å². The molecule has 0 bridgehead atoms. The van der Waals surface area contributed by atoms with Gasteiger partial charge in [0.2, 0.25) is 0 Å². The van der Waals surface area contributed by atoms with Gasteiger partial charge in [0.1, 0.15) is 0 Å². The van der Waals surface area contributed by atoms with Gasteiger partial charge in [-0.05, 0) is 29.0 Å². The molecule has 1 saturated heterocycles. The highest BCUT2D eigenvalue weighted by molar-refractivity contribution is 7.80. The predicted octanol–water partition coefficient (Wildman–Crippen LogP) is 2.96. The molecule has 3 rings (SSSR count). The Kier molecular flexibility index (Phi) is 3.79. The Hall–Kier alpha value is -1.01. The van der Waals surface area contributed by atoms with Gasteiger partial charge < -0.3 is 0 Å². The summed E-state index contributed by atoms with van der Waals surface area (Å²) in [5.41, 5.74) is 2.48. The summed E-state index contributed by atoms with van der Waals surface area (Å²) in [7, 11) is 1.88. The monoisotopic (exact) mass is 292 g/mol. The first kappa shape index (κ1) is 13.0. The highest BCUT2D eigenvalue weighted by Gasteiger charge is 2.24. The van der Waals surface area contributed by atoms with Crippen molar-refractivity contribution in [2.75, 3.05) is 13.6 Å². The standard InChI is InChI=1S/C14H16N2OS2/c1-16-8-7-13(15-19(16)17)14-9-12(10-18-14)11-5-3-2-4-6-11/h2-6,9-10,13,15H,7-8H2,1H3/t13-,19?/m0/s1. The van der Waals surface area contributed by atoms with Crippen LogP contribution in [-0.4, -0.2) is 22.1 Å². The largest absolute Gasteiger partial charge is 0.225 e. The van der Waals surface area contributed by atoms with Gasteiger partial charge in [0.25, 0.3) is 0 Å². The fourth-order valence-electron chi connectivity index (χ4n) is 2.18. The number of nitrogens with zero attached hydrogens (tertiary/aromatic N) is 1. The van der Waals surface area contributed by atoms with Crippen molar-refractivity contribution in [3.05, 3.63) is 46.7 Å². The van der Waals surface area contributed by atoms with Crippen molar-refractivity contribution in [3.8, 4) is 11.1 Å². The lowest BCUT2D eigenvalue weighted by Crippen LogP contribution is -2.41. The van der Waals surface area contributed by atoms with Crippen molar-refractivity contribution in [1.29, 1.82) is 0 Å². The lowest BCUT2D eigenvalue weighted by atomic mass is 10.1. The Bertz CT molecular complexity index is 582. The number of hydrogen-bond donors (Lipinski definition) is 1. The van der Waals surface area contributed by atoms with E-state index in [-0.39, 0.29) is 6.04 Å². The molecule has 100 valence electrons. The van der Waals surface area contributed by atoms with Crippen LogP contribution in [0.25, 0.3) is 11.1 Å². The van der Waals surface area contributed by atoms with E-state index in [4.69, 9.17) is 0 Å². The Morgan fingerprint density at radius 3 is 2.84 bits per heavy atom. The van der Waals surface area contributed by atoms with Crippen molar-refractivity contribution in [2.45, 2.75) is 12.5 Å². The van der Waals surface area contributed by atoms with Gasteiger partial charge in [0.05, 0.1) is 6.04 Å². The summed E-state index contributed by atoms with van der Waals surface area (Å²) in [6, 6.07) is 12.8. The maximum Gasteiger partial charge on any atom is 0.170 e. The molecule has 1 unspecified atom stereocenters. The lowest BCUT2D eigenvalue weighted by molar-refractivity contribution is 0.421. The first-order chi connectivity index (χ1) is 9.24. The number of benzene rings is 1. The molecule has 0 aliphatic carbocycles. The third-order valence-electron chi connectivity index (χ3n) is 3.33. The molecule has 0 spiro atoms. The number of thiophene rings is 1. The molecule has 5 heteroatoms. The van der Waals surface area contributed by atoms with E-state index in [2.05, 4.69) is 40.4 Å². The molecule has 2 aromatic rings. The van der Waals surface area contributed by atoms with Crippen LogP contribution in [0.5, 0.6) is 0 Å². The predicted molar refractivity (Wildman–Crippen MR) is 81.0 cm³/mol. The Balaban J connectivity index is 1.80. The van der Waals surface area contributed by atoms with Crippen molar-refractivity contribution in [2.24, 2.45) is 0 Å². The lowest BCUT2D eigenvalue weighted by Gasteiger charge is -2.28. The van der Waals surface area contributed by atoms with E-state index in [1.165, 1.54) is 16.0 Å². The fourth-order valence-corrected chi connectivity index (χ4v) is 4.20. The summed E-state index contributed by atoms with van der Waals surface area (Å²) in [4.78, 5) is 1.26.